The van der Waals surface area contributed by atoms with Crippen LogP contribution in [0.2, 0.25) is 0 Å². The predicted molar refractivity (Wildman–Crippen MR) is 99.2 cm³/mol. The third-order valence-corrected chi connectivity index (χ3v) is 4.94. The fourth-order valence-corrected chi connectivity index (χ4v) is 3.52. The van der Waals surface area contributed by atoms with E-state index in [1.165, 1.54) is 11.3 Å². The molecule has 0 atom stereocenters. The lowest BCUT2D eigenvalue weighted by Crippen LogP contribution is -2.42. The van der Waals surface area contributed by atoms with Gasteiger partial charge in [-0.25, -0.2) is 4.98 Å². The molecule has 0 aliphatic rings. The van der Waals surface area contributed by atoms with E-state index in [0.717, 1.165) is 20.7 Å². The Labute approximate surface area is 157 Å². The zero-order valence-electron chi connectivity index (χ0n) is 14.0. The van der Waals surface area contributed by atoms with Crippen LogP contribution in [0.25, 0.3) is 10.6 Å². The summed E-state index contributed by atoms with van der Waals surface area (Å²) in [4.78, 5) is 21.1. The Morgan fingerprint density at radius 3 is 2.84 bits per heavy atom. The summed E-state index contributed by atoms with van der Waals surface area (Å²) >= 11 is 4.98. The Bertz CT molecular complexity index is 903. The number of thiazole rings is 1. The molecule has 0 aliphatic heterocycles. The minimum atomic E-state index is -0.710. The first-order valence-corrected chi connectivity index (χ1v) is 9.33. The van der Waals surface area contributed by atoms with Crippen LogP contribution in [0.3, 0.4) is 0 Å². The van der Waals surface area contributed by atoms with Crippen molar-refractivity contribution in [2.75, 3.05) is 0 Å². The Kier molecular flexibility index (Phi) is 5.01. The van der Waals surface area contributed by atoms with Crippen molar-refractivity contribution in [2.45, 2.75) is 32.7 Å². The Morgan fingerprint density at radius 2 is 2.16 bits per heavy atom. The van der Waals surface area contributed by atoms with Crippen LogP contribution in [0.5, 0.6) is 0 Å². The van der Waals surface area contributed by atoms with E-state index >= 15 is 0 Å². The molecule has 2 heterocycles. The number of aromatic nitrogens is 3. The SMILES string of the molecule is Cc1nc(C(C)(C)NC(=O)Cc2csc(-c3cccc(Br)c3)n2)no1. The summed E-state index contributed by atoms with van der Waals surface area (Å²) < 4.78 is 5.98. The van der Waals surface area contributed by atoms with E-state index in [1.807, 2.05) is 43.5 Å². The average Bonchev–Trinajstić information content (AvgIpc) is 3.16. The lowest BCUT2D eigenvalue weighted by molar-refractivity contribution is -0.122. The van der Waals surface area contributed by atoms with Crippen LogP contribution in [0.15, 0.2) is 38.6 Å². The fraction of sp³-hybridized carbons (Fsp3) is 0.294. The van der Waals surface area contributed by atoms with Crippen molar-refractivity contribution >= 4 is 33.2 Å². The van der Waals surface area contributed by atoms with Gasteiger partial charge in [-0.2, -0.15) is 4.98 Å². The Hall–Kier alpha value is -2.06. The summed E-state index contributed by atoms with van der Waals surface area (Å²) in [5.74, 6) is 0.778. The maximum absolute atomic E-state index is 12.4. The van der Waals surface area contributed by atoms with Gasteiger partial charge in [-0.15, -0.1) is 11.3 Å². The van der Waals surface area contributed by atoms with Gasteiger partial charge < -0.3 is 9.84 Å². The molecule has 0 fully saturated rings. The lowest BCUT2D eigenvalue weighted by Gasteiger charge is -2.22. The number of hydrogen-bond acceptors (Lipinski definition) is 6. The quantitative estimate of drug-likeness (QED) is 0.677. The Balaban J connectivity index is 1.67. The van der Waals surface area contributed by atoms with Crippen molar-refractivity contribution in [3.63, 3.8) is 0 Å². The number of halogens is 1. The highest BCUT2D eigenvalue weighted by atomic mass is 79.9. The molecule has 2 aromatic heterocycles. The van der Waals surface area contributed by atoms with Crippen molar-refractivity contribution in [3.8, 4) is 10.6 Å². The molecular weight excluding hydrogens is 404 g/mol. The van der Waals surface area contributed by atoms with Gasteiger partial charge in [-0.1, -0.05) is 33.2 Å². The van der Waals surface area contributed by atoms with E-state index in [0.29, 0.717) is 11.7 Å². The monoisotopic (exact) mass is 420 g/mol. The molecule has 0 radical (unpaired) electrons. The molecule has 6 nitrogen and oxygen atoms in total. The Morgan fingerprint density at radius 1 is 1.36 bits per heavy atom. The number of nitrogens with zero attached hydrogens (tertiary/aromatic N) is 3. The number of benzene rings is 1. The molecule has 1 aromatic carbocycles. The van der Waals surface area contributed by atoms with Crippen LogP contribution in [0.4, 0.5) is 0 Å². The summed E-state index contributed by atoms with van der Waals surface area (Å²) in [6.45, 7) is 5.39. The predicted octanol–water partition coefficient (Wildman–Crippen LogP) is 3.86. The van der Waals surface area contributed by atoms with Gasteiger partial charge in [0.2, 0.25) is 11.8 Å². The van der Waals surface area contributed by atoms with Gasteiger partial charge in [0.15, 0.2) is 5.82 Å². The van der Waals surface area contributed by atoms with Crippen LogP contribution < -0.4 is 5.32 Å². The van der Waals surface area contributed by atoms with E-state index < -0.39 is 5.54 Å². The van der Waals surface area contributed by atoms with Gasteiger partial charge in [-0.05, 0) is 26.0 Å². The smallest absolute Gasteiger partial charge is 0.226 e. The van der Waals surface area contributed by atoms with Gasteiger partial charge in [0.25, 0.3) is 0 Å². The number of nitrogens with one attached hydrogen (secondary N) is 1. The molecular formula is C17H17BrN4O2S. The van der Waals surface area contributed by atoms with E-state index in [1.54, 1.807) is 6.92 Å². The summed E-state index contributed by atoms with van der Waals surface area (Å²) in [7, 11) is 0. The van der Waals surface area contributed by atoms with Crippen LogP contribution >= 0.6 is 27.3 Å². The second-order valence-electron chi connectivity index (χ2n) is 6.14. The molecule has 0 saturated carbocycles. The van der Waals surface area contributed by atoms with Crippen LogP contribution in [0.1, 0.15) is 31.3 Å². The number of amides is 1. The number of hydrogen-bond donors (Lipinski definition) is 1. The van der Waals surface area contributed by atoms with Gasteiger partial charge >= 0.3 is 0 Å². The topological polar surface area (TPSA) is 80.9 Å². The second kappa shape index (κ2) is 7.05. The molecule has 8 heteroatoms. The zero-order valence-corrected chi connectivity index (χ0v) is 16.4. The third kappa shape index (κ3) is 4.32. The van der Waals surface area contributed by atoms with Gasteiger partial charge in [0.1, 0.15) is 5.01 Å². The van der Waals surface area contributed by atoms with E-state index in [9.17, 15) is 4.79 Å². The normalized spacial score (nSPS) is 11.5. The molecule has 1 N–H and O–H groups in total. The van der Waals surface area contributed by atoms with Gasteiger partial charge in [0, 0.05) is 22.3 Å². The lowest BCUT2D eigenvalue weighted by atomic mass is 10.0. The summed E-state index contributed by atoms with van der Waals surface area (Å²) in [6.07, 6.45) is 0.199. The molecule has 0 bridgehead atoms. The molecule has 0 saturated heterocycles. The van der Waals surface area contributed by atoms with E-state index in [2.05, 4.69) is 36.4 Å². The summed E-state index contributed by atoms with van der Waals surface area (Å²) in [5, 5.41) is 9.60. The molecule has 0 spiro atoms. The number of rotatable bonds is 5. The maximum Gasteiger partial charge on any atom is 0.226 e. The first-order chi connectivity index (χ1) is 11.8. The van der Waals surface area contributed by atoms with E-state index in [-0.39, 0.29) is 12.3 Å². The maximum atomic E-state index is 12.4. The zero-order chi connectivity index (χ0) is 18.0. The molecule has 3 rings (SSSR count). The van der Waals surface area contributed by atoms with Crippen molar-refractivity contribution in [2.24, 2.45) is 0 Å². The number of carbonyl (C=O) groups is 1. The van der Waals surface area contributed by atoms with Crippen molar-refractivity contribution in [1.82, 2.24) is 20.4 Å². The first-order valence-electron chi connectivity index (χ1n) is 7.65. The number of carbonyl (C=O) groups excluding carboxylic acids is 1. The van der Waals surface area contributed by atoms with Crippen molar-refractivity contribution < 1.29 is 9.32 Å². The molecule has 0 unspecified atom stereocenters. The van der Waals surface area contributed by atoms with Gasteiger partial charge in [-0.3, -0.25) is 4.79 Å². The average molecular weight is 421 g/mol. The minimum Gasteiger partial charge on any atom is -0.343 e. The second-order valence-corrected chi connectivity index (χ2v) is 7.92. The summed E-state index contributed by atoms with van der Waals surface area (Å²) in [6, 6.07) is 7.93. The molecule has 3 aromatic rings. The van der Waals surface area contributed by atoms with Crippen LogP contribution in [0, 0.1) is 6.92 Å². The highest BCUT2D eigenvalue weighted by Crippen LogP contribution is 2.26. The molecule has 130 valence electrons. The van der Waals surface area contributed by atoms with E-state index in [4.69, 9.17) is 4.52 Å². The van der Waals surface area contributed by atoms with Gasteiger partial charge in [0.05, 0.1) is 17.7 Å². The van der Waals surface area contributed by atoms with Crippen LogP contribution in [-0.2, 0) is 16.8 Å². The standard InChI is InChI=1S/C17H17BrN4O2S/c1-10-19-16(22-24-10)17(2,3)21-14(23)8-13-9-25-15(20-13)11-5-4-6-12(18)7-11/h4-7,9H,8H2,1-3H3,(H,21,23). The highest BCUT2D eigenvalue weighted by Gasteiger charge is 2.28. The minimum absolute atomic E-state index is 0.140. The van der Waals surface area contributed by atoms with Crippen molar-refractivity contribution in [3.05, 3.63) is 51.5 Å². The molecule has 0 aliphatic carbocycles. The fourth-order valence-electron chi connectivity index (χ4n) is 2.31. The summed E-state index contributed by atoms with van der Waals surface area (Å²) in [5.41, 5.74) is 1.05. The first kappa shape index (κ1) is 17.8. The van der Waals surface area contributed by atoms with Crippen LogP contribution in [-0.4, -0.2) is 21.0 Å². The largest absolute Gasteiger partial charge is 0.343 e. The molecule has 1 amide bonds. The van der Waals surface area contributed by atoms with Crippen molar-refractivity contribution in [1.29, 1.82) is 0 Å². The number of aryl methyl sites for hydroxylation is 1. The molecule has 25 heavy (non-hydrogen) atoms. The highest BCUT2D eigenvalue weighted by molar-refractivity contribution is 9.10. The third-order valence-electron chi connectivity index (χ3n) is 3.50.